The minimum absolute atomic E-state index is 0.157. The fraction of sp³-hybridized carbons (Fsp3) is 0.412. The third kappa shape index (κ3) is 4.45. The van der Waals surface area contributed by atoms with Crippen molar-refractivity contribution in [3.05, 3.63) is 50.1 Å². The van der Waals surface area contributed by atoms with E-state index in [0.29, 0.717) is 35.7 Å². The van der Waals surface area contributed by atoms with Gasteiger partial charge in [0, 0.05) is 17.7 Å². The van der Waals surface area contributed by atoms with Crippen molar-refractivity contribution in [3.63, 3.8) is 0 Å². The topological polar surface area (TPSA) is 67.1 Å². The van der Waals surface area contributed by atoms with E-state index in [4.69, 9.17) is 21.7 Å². The fourth-order valence-electron chi connectivity index (χ4n) is 2.30. The first-order chi connectivity index (χ1) is 11.0. The number of aromatic amines is 2. The molecule has 0 amide bonds. The smallest absolute Gasteiger partial charge is 0.255 e. The van der Waals surface area contributed by atoms with E-state index in [1.165, 1.54) is 0 Å². The van der Waals surface area contributed by atoms with Gasteiger partial charge in [0.05, 0.1) is 13.2 Å². The normalized spacial score (nSPS) is 10.6. The van der Waals surface area contributed by atoms with Gasteiger partial charge in [-0.05, 0) is 50.2 Å². The molecule has 0 spiro atoms. The van der Waals surface area contributed by atoms with Gasteiger partial charge in [0.25, 0.3) is 5.56 Å². The summed E-state index contributed by atoms with van der Waals surface area (Å²) in [6, 6.07) is 5.77. The molecule has 2 rings (SSSR count). The number of hydrogen-bond acceptors (Lipinski definition) is 4. The van der Waals surface area contributed by atoms with Crippen LogP contribution in [-0.2, 0) is 6.42 Å². The van der Waals surface area contributed by atoms with Gasteiger partial charge < -0.3 is 14.5 Å². The summed E-state index contributed by atoms with van der Waals surface area (Å²) in [5, 5.41) is 0. The van der Waals surface area contributed by atoms with E-state index in [9.17, 15) is 4.79 Å². The number of benzene rings is 1. The Bertz CT molecular complexity index is 780. The first-order valence-corrected chi connectivity index (χ1v) is 8.16. The molecule has 0 fully saturated rings. The molecule has 0 saturated heterocycles. The quantitative estimate of drug-likeness (QED) is 0.760. The van der Waals surface area contributed by atoms with Crippen molar-refractivity contribution in [2.45, 2.75) is 33.6 Å². The van der Waals surface area contributed by atoms with Gasteiger partial charge in [-0.1, -0.05) is 13.0 Å². The van der Waals surface area contributed by atoms with Crippen LogP contribution in [0.2, 0.25) is 0 Å². The summed E-state index contributed by atoms with van der Waals surface area (Å²) < 4.78 is 11.7. The SMILES string of the molecule is CCCOc1ccc(Cc2c(C)[nH]c(=S)[nH]c2=O)cc1OCC. The van der Waals surface area contributed by atoms with E-state index >= 15 is 0 Å². The van der Waals surface area contributed by atoms with Crippen LogP contribution in [0.4, 0.5) is 0 Å². The number of rotatable bonds is 7. The van der Waals surface area contributed by atoms with Crippen LogP contribution >= 0.6 is 12.2 Å². The lowest BCUT2D eigenvalue weighted by Gasteiger charge is -2.13. The van der Waals surface area contributed by atoms with Crippen molar-refractivity contribution in [1.29, 1.82) is 0 Å². The lowest BCUT2D eigenvalue weighted by atomic mass is 10.0. The molecule has 0 aliphatic rings. The van der Waals surface area contributed by atoms with Gasteiger partial charge in [0.2, 0.25) is 0 Å². The minimum atomic E-state index is -0.157. The second kappa shape index (κ2) is 7.97. The van der Waals surface area contributed by atoms with Crippen molar-refractivity contribution < 1.29 is 9.47 Å². The molecule has 0 radical (unpaired) electrons. The number of hydrogen-bond donors (Lipinski definition) is 2. The summed E-state index contributed by atoms with van der Waals surface area (Å²) >= 11 is 4.98. The van der Waals surface area contributed by atoms with Gasteiger partial charge in [0.1, 0.15) is 0 Å². The van der Waals surface area contributed by atoms with Crippen LogP contribution < -0.4 is 15.0 Å². The Kier molecular flexibility index (Phi) is 5.98. The highest BCUT2D eigenvalue weighted by molar-refractivity contribution is 7.71. The summed E-state index contributed by atoms with van der Waals surface area (Å²) in [7, 11) is 0. The molecule has 0 atom stereocenters. The summed E-state index contributed by atoms with van der Waals surface area (Å²) in [6.07, 6.45) is 1.44. The number of aryl methyl sites for hydroxylation is 1. The Morgan fingerprint density at radius 1 is 1.13 bits per heavy atom. The van der Waals surface area contributed by atoms with E-state index in [1.807, 2.05) is 32.0 Å². The van der Waals surface area contributed by atoms with Gasteiger partial charge in [0.15, 0.2) is 16.3 Å². The van der Waals surface area contributed by atoms with Crippen LogP contribution in [0.25, 0.3) is 0 Å². The zero-order valence-electron chi connectivity index (χ0n) is 13.7. The van der Waals surface area contributed by atoms with Crippen LogP contribution in [0.5, 0.6) is 11.5 Å². The second-order valence-corrected chi connectivity index (χ2v) is 5.66. The standard InChI is InChI=1S/C17H22N2O3S/c1-4-8-22-14-7-6-12(10-15(14)21-5-2)9-13-11(3)18-17(23)19-16(13)20/h6-7,10H,4-5,8-9H2,1-3H3,(H2,18,19,20,23). The molecule has 1 heterocycles. The number of nitrogens with one attached hydrogen (secondary N) is 2. The molecular weight excluding hydrogens is 312 g/mol. The molecule has 0 unspecified atom stereocenters. The van der Waals surface area contributed by atoms with Crippen molar-refractivity contribution >= 4 is 12.2 Å². The molecule has 6 heteroatoms. The monoisotopic (exact) mass is 334 g/mol. The average molecular weight is 334 g/mol. The maximum Gasteiger partial charge on any atom is 0.255 e. The minimum Gasteiger partial charge on any atom is -0.490 e. The predicted molar refractivity (Wildman–Crippen MR) is 93.2 cm³/mol. The maximum absolute atomic E-state index is 12.1. The Balaban J connectivity index is 2.32. The highest BCUT2D eigenvalue weighted by atomic mass is 32.1. The second-order valence-electron chi connectivity index (χ2n) is 5.25. The van der Waals surface area contributed by atoms with Crippen molar-refractivity contribution in [2.75, 3.05) is 13.2 Å². The van der Waals surface area contributed by atoms with Crippen molar-refractivity contribution in [1.82, 2.24) is 9.97 Å². The Morgan fingerprint density at radius 2 is 1.91 bits per heavy atom. The Morgan fingerprint density at radius 3 is 2.57 bits per heavy atom. The van der Waals surface area contributed by atoms with Crippen LogP contribution in [0.1, 0.15) is 37.1 Å². The maximum atomic E-state index is 12.1. The molecule has 1 aromatic heterocycles. The van der Waals surface area contributed by atoms with E-state index in [-0.39, 0.29) is 5.56 Å². The molecule has 124 valence electrons. The molecule has 1 aromatic carbocycles. The molecule has 5 nitrogen and oxygen atoms in total. The first kappa shape index (κ1) is 17.3. The van der Waals surface area contributed by atoms with Crippen LogP contribution in [0, 0.1) is 11.7 Å². The van der Waals surface area contributed by atoms with Gasteiger partial charge in [-0.15, -0.1) is 0 Å². The number of H-pyrrole nitrogens is 2. The number of aromatic nitrogens is 2. The largest absolute Gasteiger partial charge is 0.490 e. The molecular formula is C17H22N2O3S. The molecule has 0 aliphatic heterocycles. The molecule has 23 heavy (non-hydrogen) atoms. The van der Waals surface area contributed by atoms with Crippen LogP contribution in [-0.4, -0.2) is 23.2 Å². The predicted octanol–water partition coefficient (Wildman–Crippen LogP) is 3.52. The fourth-order valence-corrected chi connectivity index (χ4v) is 2.55. The highest BCUT2D eigenvalue weighted by Gasteiger charge is 2.10. The van der Waals surface area contributed by atoms with E-state index in [0.717, 1.165) is 23.4 Å². The highest BCUT2D eigenvalue weighted by Crippen LogP contribution is 2.29. The van der Waals surface area contributed by atoms with Gasteiger partial charge in [-0.3, -0.25) is 9.78 Å². The van der Waals surface area contributed by atoms with Crippen LogP contribution in [0.15, 0.2) is 23.0 Å². The van der Waals surface area contributed by atoms with Gasteiger partial charge >= 0.3 is 0 Å². The first-order valence-electron chi connectivity index (χ1n) is 7.75. The summed E-state index contributed by atoms with van der Waals surface area (Å²) in [6.45, 7) is 7.05. The average Bonchev–Trinajstić information content (AvgIpc) is 2.50. The van der Waals surface area contributed by atoms with Crippen LogP contribution in [0.3, 0.4) is 0 Å². The van der Waals surface area contributed by atoms with Crippen molar-refractivity contribution in [3.8, 4) is 11.5 Å². The molecule has 2 aromatic rings. The molecule has 0 aliphatic carbocycles. The molecule has 2 N–H and O–H groups in total. The number of ether oxygens (including phenoxy) is 2. The third-order valence-electron chi connectivity index (χ3n) is 3.41. The zero-order valence-corrected chi connectivity index (χ0v) is 14.5. The Hall–Kier alpha value is -2.08. The van der Waals surface area contributed by atoms with Gasteiger partial charge in [-0.25, -0.2) is 0 Å². The van der Waals surface area contributed by atoms with E-state index in [1.54, 1.807) is 0 Å². The van der Waals surface area contributed by atoms with Gasteiger partial charge in [-0.2, -0.15) is 0 Å². The third-order valence-corrected chi connectivity index (χ3v) is 3.61. The summed E-state index contributed by atoms with van der Waals surface area (Å²) in [4.78, 5) is 17.7. The summed E-state index contributed by atoms with van der Waals surface area (Å²) in [5.74, 6) is 1.44. The zero-order chi connectivity index (χ0) is 16.8. The molecule has 0 saturated carbocycles. The lowest BCUT2D eigenvalue weighted by Crippen LogP contribution is -2.16. The van der Waals surface area contributed by atoms with Crippen molar-refractivity contribution in [2.24, 2.45) is 0 Å². The Labute approximate surface area is 140 Å². The molecule has 0 bridgehead atoms. The lowest BCUT2D eigenvalue weighted by molar-refractivity contribution is 0.276. The van der Waals surface area contributed by atoms with E-state index < -0.39 is 0 Å². The van der Waals surface area contributed by atoms with E-state index in [2.05, 4.69) is 16.9 Å². The summed E-state index contributed by atoms with van der Waals surface area (Å²) in [5.41, 5.74) is 2.28.